The monoisotopic (exact) mass is 398 g/mol. The molecule has 0 bridgehead atoms. The van der Waals surface area contributed by atoms with Gasteiger partial charge in [-0.25, -0.2) is 0 Å². The summed E-state index contributed by atoms with van der Waals surface area (Å²) in [4.78, 5) is 16.2. The summed E-state index contributed by atoms with van der Waals surface area (Å²) in [5, 5.41) is 9.04. The predicted molar refractivity (Wildman–Crippen MR) is 115 cm³/mol. The van der Waals surface area contributed by atoms with Crippen LogP contribution in [0.4, 0.5) is 0 Å². The SMILES string of the molecule is CN=C(NCC(=O)NCc1ccc(OC)cc1)NCC(C)Oc1cccc(C)c1. The van der Waals surface area contributed by atoms with Gasteiger partial charge in [-0.05, 0) is 49.2 Å². The zero-order valence-corrected chi connectivity index (χ0v) is 17.5. The second-order valence-corrected chi connectivity index (χ2v) is 6.68. The summed E-state index contributed by atoms with van der Waals surface area (Å²) in [6.07, 6.45) is -0.0563. The van der Waals surface area contributed by atoms with Gasteiger partial charge in [-0.3, -0.25) is 9.79 Å². The van der Waals surface area contributed by atoms with Crippen molar-refractivity contribution in [3.63, 3.8) is 0 Å². The number of carbonyl (C=O) groups excluding carboxylic acids is 1. The number of hydrogen-bond acceptors (Lipinski definition) is 4. The van der Waals surface area contributed by atoms with Crippen LogP contribution >= 0.6 is 0 Å². The number of methoxy groups -OCH3 is 1. The number of guanidine groups is 1. The minimum absolute atomic E-state index is 0.0563. The molecule has 0 aliphatic rings. The fraction of sp³-hybridized carbons (Fsp3) is 0.364. The second-order valence-electron chi connectivity index (χ2n) is 6.68. The molecule has 2 aromatic carbocycles. The Morgan fingerprint density at radius 2 is 1.83 bits per heavy atom. The number of aryl methyl sites for hydroxylation is 1. The molecule has 29 heavy (non-hydrogen) atoms. The van der Waals surface area contributed by atoms with Gasteiger partial charge in [0.05, 0.1) is 20.2 Å². The molecule has 1 amide bonds. The van der Waals surface area contributed by atoms with Crippen LogP contribution in [0.3, 0.4) is 0 Å². The Kier molecular flexibility index (Phi) is 8.82. The molecule has 0 heterocycles. The summed E-state index contributed by atoms with van der Waals surface area (Å²) in [7, 11) is 3.29. The van der Waals surface area contributed by atoms with Crippen LogP contribution in [0.5, 0.6) is 11.5 Å². The van der Waals surface area contributed by atoms with Gasteiger partial charge in [0.2, 0.25) is 5.91 Å². The molecule has 2 rings (SSSR count). The lowest BCUT2D eigenvalue weighted by molar-refractivity contribution is -0.120. The smallest absolute Gasteiger partial charge is 0.239 e. The number of amides is 1. The third-order valence-electron chi connectivity index (χ3n) is 4.17. The molecule has 7 heteroatoms. The summed E-state index contributed by atoms with van der Waals surface area (Å²) >= 11 is 0. The molecule has 2 aromatic rings. The van der Waals surface area contributed by atoms with Crippen LogP contribution in [0.1, 0.15) is 18.1 Å². The van der Waals surface area contributed by atoms with Crippen LogP contribution in [0.15, 0.2) is 53.5 Å². The van der Waals surface area contributed by atoms with E-state index in [1.54, 1.807) is 14.2 Å². The van der Waals surface area contributed by atoms with E-state index < -0.39 is 0 Å². The van der Waals surface area contributed by atoms with Gasteiger partial charge < -0.3 is 25.4 Å². The number of ether oxygens (including phenoxy) is 2. The first kappa shape index (κ1) is 22.1. The minimum Gasteiger partial charge on any atom is -0.497 e. The second kappa shape index (κ2) is 11.6. The quantitative estimate of drug-likeness (QED) is 0.446. The first-order chi connectivity index (χ1) is 14.0. The van der Waals surface area contributed by atoms with Crippen LogP contribution in [0.25, 0.3) is 0 Å². The number of hydrogen-bond donors (Lipinski definition) is 3. The third-order valence-corrected chi connectivity index (χ3v) is 4.17. The average molecular weight is 399 g/mol. The molecule has 7 nitrogen and oxygen atoms in total. The zero-order chi connectivity index (χ0) is 21.1. The first-order valence-electron chi connectivity index (χ1n) is 9.57. The van der Waals surface area contributed by atoms with Gasteiger partial charge in [-0.1, -0.05) is 24.3 Å². The van der Waals surface area contributed by atoms with Gasteiger partial charge in [-0.2, -0.15) is 0 Å². The van der Waals surface area contributed by atoms with E-state index in [4.69, 9.17) is 9.47 Å². The maximum absolute atomic E-state index is 12.1. The van der Waals surface area contributed by atoms with E-state index in [1.165, 1.54) is 0 Å². The van der Waals surface area contributed by atoms with E-state index in [0.29, 0.717) is 19.0 Å². The molecule has 0 spiro atoms. The number of nitrogens with one attached hydrogen (secondary N) is 3. The van der Waals surface area contributed by atoms with Gasteiger partial charge >= 0.3 is 0 Å². The molecular weight excluding hydrogens is 368 g/mol. The average Bonchev–Trinajstić information content (AvgIpc) is 2.72. The van der Waals surface area contributed by atoms with Gasteiger partial charge in [0.15, 0.2) is 5.96 Å². The van der Waals surface area contributed by atoms with Crippen LogP contribution in [-0.4, -0.2) is 45.2 Å². The maximum atomic E-state index is 12.1. The summed E-state index contributed by atoms with van der Waals surface area (Å²) in [6.45, 7) is 5.15. The summed E-state index contributed by atoms with van der Waals surface area (Å²) in [5.74, 6) is 2.05. The predicted octanol–water partition coefficient (Wildman–Crippen LogP) is 2.25. The lowest BCUT2D eigenvalue weighted by Crippen LogP contribution is -2.45. The highest BCUT2D eigenvalue weighted by atomic mass is 16.5. The fourth-order valence-corrected chi connectivity index (χ4v) is 2.59. The van der Waals surface area contributed by atoms with Gasteiger partial charge in [0.1, 0.15) is 17.6 Å². The van der Waals surface area contributed by atoms with E-state index >= 15 is 0 Å². The van der Waals surface area contributed by atoms with Crippen LogP contribution in [0.2, 0.25) is 0 Å². The van der Waals surface area contributed by atoms with E-state index in [-0.39, 0.29) is 18.6 Å². The van der Waals surface area contributed by atoms with Crippen molar-refractivity contribution in [1.29, 1.82) is 0 Å². The highest BCUT2D eigenvalue weighted by molar-refractivity contribution is 5.86. The van der Waals surface area contributed by atoms with Crippen molar-refractivity contribution in [2.45, 2.75) is 26.5 Å². The van der Waals surface area contributed by atoms with Gasteiger partial charge in [0.25, 0.3) is 0 Å². The van der Waals surface area contributed by atoms with Crippen LogP contribution in [0, 0.1) is 6.92 Å². The Bertz CT molecular complexity index is 806. The molecule has 1 unspecified atom stereocenters. The van der Waals surface area contributed by atoms with Gasteiger partial charge in [-0.15, -0.1) is 0 Å². The van der Waals surface area contributed by atoms with Crippen LogP contribution < -0.4 is 25.4 Å². The lowest BCUT2D eigenvalue weighted by Gasteiger charge is -2.18. The van der Waals surface area contributed by atoms with E-state index in [9.17, 15) is 4.79 Å². The zero-order valence-electron chi connectivity index (χ0n) is 17.5. The van der Waals surface area contributed by atoms with Crippen molar-refractivity contribution in [2.75, 3.05) is 27.2 Å². The number of aliphatic imine (C=N–C) groups is 1. The Balaban J connectivity index is 1.68. The van der Waals surface area contributed by atoms with Crippen molar-refractivity contribution in [3.05, 3.63) is 59.7 Å². The number of nitrogens with zero attached hydrogens (tertiary/aromatic N) is 1. The largest absolute Gasteiger partial charge is 0.497 e. The number of carbonyl (C=O) groups is 1. The fourth-order valence-electron chi connectivity index (χ4n) is 2.59. The van der Waals surface area contributed by atoms with Crippen LogP contribution in [-0.2, 0) is 11.3 Å². The van der Waals surface area contributed by atoms with Crippen molar-refractivity contribution < 1.29 is 14.3 Å². The molecule has 0 saturated carbocycles. The van der Waals surface area contributed by atoms with Gasteiger partial charge in [0, 0.05) is 13.6 Å². The molecule has 0 fully saturated rings. The third kappa shape index (κ3) is 8.13. The lowest BCUT2D eigenvalue weighted by atomic mass is 10.2. The Morgan fingerprint density at radius 1 is 1.07 bits per heavy atom. The standard InChI is InChI=1S/C22H30N4O3/c1-16-6-5-7-20(12-16)29-17(2)13-25-22(23-3)26-15-21(27)24-14-18-8-10-19(28-4)11-9-18/h5-12,17H,13-15H2,1-4H3,(H,24,27)(H2,23,25,26). The highest BCUT2D eigenvalue weighted by Gasteiger charge is 2.08. The van der Waals surface area contributed by atoms with Crippen molar-refractivity contribution in [3.8, 4) is 11.5 Å². The molecular formula is C22H30N4O3. The maximum Gasteiger partial charge on any atom is 0.239 e. The Labute approximate surface area is 172 Å². The molecule has 0 aliphatic carbocycles. The van der Waals surface area contributed by atoms with Crippen molar-refractivity contribution >= 4 is 11.9 Å². The summed E-state index contributed by atoms with van der Waals surface area (Å²) < 4.78 is 11.0. The molecule has 3 N–H and O–H groups in total. The van der Waals surface area contributed by atoms with Crippen molar-refractivity contribution in [1.82, 2.24) is 16.0 Å². The van der Waals surface area contributed by atoms with E-state index in [0.717, 1.165) is 22.6 Å². The summed E-state index contributed by atoms with van der Waals surface area (Å²) in [6, 6.07) is 15.5. The molecule has 156 valence electrons. The summed E-state index contributed by atoms with van der Waals surface area (Å²) in [5.41, 5.74) is 2.16. The topological polar surface area (TPSA) is 84.0 Å². The highest BCUT2D eigenvalue weighted by Crippen LogP contribution is 2.14. The Morgan fingerprint density at radius 3 is 2.48 bits per heavy atom. The molecule has 0 saturated heterocycles. The number of benzene rings is 2. The Hall–Kier alpha value is -3.22. The molecule has 0 aliphatic heterocycles. The van der Waals surface area contributed by atoms with Crippen molar-refractivity contribution in [2.24, 2.45) is 4.99 Å². The van der Waals surface area contributed by atoms with E-state index in [2.05, 4.69) is 20.9 Å². The van der Waals surface area contributed by atoms with E-state index in [1.807, 2.05) is 62.4 Å². The molecule has 1 atom stereocenters. The molecule has 0 aromatic heterocycles. The minimum atomic E-state index is -0.118. The number of rotatable bonds is 9. The normalized spacial score (nSPS) is 12.1. The molecule has 0 radical (unpaired) electrons. The first-order valence-corrected chi connectivity index (χ1v) is 9.57.